The Kier molecular flexibility index (Phi) is 19.1. The molecule has 2 aliphatic heterocycles. The van der Waals surface area contributed by atoms with Gasteiger partial charge in [-0.3, -0.25) is 5.32 Å². The van der Waals surface area contributed by atoms with E-state index in [0.717, 1.165) is 0 Å². The Hall–Kier alpha value is 0.899. The number of aliphatic hydroxyl groups excluding tert-OH is 8. The van der Waals surface area contributed by atoms with Crippen molar-refractivity contribution < 1.29 is 79.9 Å². The summed E-state index contributed by atoms with van der Waals surface area (Å²) in [5, 5.41) is 80.1. The molecule has 2 saturated heterocycles. The normalized spacial score (nSPS) is 39.8. The van der Waals surface area contributed by atoms with Gasteiger partial charge in [-0.1, -0.05) is 0 Å². The molecule has 2 fully saturated rings. The van der Waals surface area contributed by atoms with Crippen LogP contribution in [-0.4, -0.2) is 150 Å². The second-order valence-electron chi connectivity index (χ2n) is 6.73. The molecule has 0 unspecified atom stereocenters. The van der Waals surface area contributed by atoms with E-state index in [-0.39, 0.29) is 59.1 Å². The molecule has 186 valence electrons. The summed E-state index contributed by atoms with van der Waals surface area (Å²) in [7, 11) is 0. The number of halogens is 2. The number of ether oxygens (including phenoxy) is 3. The van der Waals surface area contributed by atoms with Gasteiger partial charge in [-0.15, -0.1) is 0 Å². The first-order valence-corrected chi connectivity index (χ1v) is 15.0. The van der Waals surface area contributed by atoms with Crippen molar-refractivity contribution in [2.24, 2.45) is 0 Å². The molecular weight excluding hydrogens is 572 g/mol. The summed E-state index contributed by atoms with van der Waals surface area (Å²) < 4.78 is 16.0. The quantitative estimate of drug-likeness (QED) is 0.124. The summed E-state index contributed by atoms with van der Waals surface area (Å²) >= 11 is 0.230. The van der Waals surface area contributed by atoms with Gasteiger partial charge in [0.15, 0.2) is 6.29 Å². The second kappa shape index (κ2) is 17.4. The van der Waals surface area contributed by atoms with Crippen LogP contribution in [0.25, 0.3) is 0 Å². The van der Waals surface area contributed by atoms with E-state index in [0.29, 0.717) is 0 Å². The van der Waals surface area contributed by atoms with Crippen LogP contribution >= 0.6 is 0 Å². The first kappa shape index (κ1) is 34.1. The predicted octanol–water partition coefficient (Wildman–Crippen LogP) is -11.0. The number of hydrogen-bond acceptors (Lipinski definition) is 12. The summed E-state index contributed by atoms with van der Waals surface area (Å²) in [5.74, 6) is 0. The molecule has 2 rings (SSSR count). The molecule has 0 bridgehead atoms. The molecule has 31 heavy (non-hydrogen) atoms. The zero-order chi connectivity index (χ0) is 22.1. The topological polar surface area (TPSA) is 202 Å². The van der Waals surface area contributed by atoms with Gasteiger partial charge in [0, 0.05) is 6.54 Å². The minimum absolute atomic E-state index is 0. The molecule has 0 aromatic rings. The van der Waals surface area contributed by atoms with Gasteiger partial charge in [0.1, 0.15) is 55.1 Å². The zero-order valence-electron chi connectivity index (χ0n) is 17.2. The van der Waals surface area contributed by atoms with E-state index in [2.05, 4.69) is 15.2 Å². The largest absolute Gasteiger partial charge is 1.00 e. The first-order valence-electron chi connectivity index (χ1n) is 9.28. The molecular formula is C16H33Cl2NO11Sn. The summed E-state index contributed by atoms with van der Waals surface area (Å²) in [5.41, 5.74) is 0. The van der Waals surface area contributed by atoms with Gasteiger partial charge in [0.25, 0.3) is 0 Å². The Morgan fingerprint density at radius 1 is 0.774 bits per heavy atom. The summed E-state index contributed by atoms with van der Waals surface area (Å²) in [4.78, 5) is 4.59. The molecule has 12 nitrogen and oxygen atoms in total. The fourth-order valence-electron chi connectivity index (χ4n) is 2.96. The van der Waals surface area contributed by atoms with E-state index in [1.165, 1.54) is 0 Å². The third kappa shape index (κ3) is 9.22. The maximum Gasteiger partial charge on any atom is -1.00 e. The van der Waals surface area contributed by atoms with Crippen LogP contribution in [0.2, 0.25) is 9.88 Å². The Morgan fingerprint density at radius 2 is 1.32 bits per heavy atom. The van der Waals surface area contributed by atoms with Gasteiger partial charge in [0.05, 0.1) is 19.8 Å². The minimum Gasteiger partial charge on any atom is -1.00 e. The van der Waals surface area contributed by atoms with Crippen molar-refractivity contribution in [1.29, 1.82) is 0 Å². The van der Waals surface area contributed by atoms with Crippen molar-refractivity contribution in [3.05, 3.63) is 0 Å². The molecule has 0 amide bonds. The van der Waals surface area contributed by atoms with Crippen molar-refractivity contribution in [2.75, 3.05) is 26.4 Å². The van der Waals surface area contributed by atoms with Crippen LogP contribution < -0.4 is 30.1 Å². The van der Waals surface area contributed by atoms with E-state index in [4.69, 9.17) is 19.3 Å². The van der Waals surface area contributed by atoms with Crippen LogP contribution in [0.15, 0.2) is 0 Å². The van der Waals surface area contributed by atoms with Gasteiger partial charge in [-0.05, 0) is 0 Å². The van der Waals surface area contributed by atoms with Gasteiger partial charge < -0.3 is 79.9 Å². The number of aliphatic hydroxyl groups is 8. The molecule has 2 heterocycles. The molecule has 2 aliphatic rings. The minimum atomic E-state index is -1.71. The SMILES string of the molecule is OCCN[C@@H]1O[C@H](CO)[C@@H](O[C@H]2O[C@H](CO)[C@@H](O)[C@H](O)[C@H]2O)[C@H](O)[C@H]1O.[CH3][Sn+2][CH3].[Cl-].[Cl-]. The molecule has 0 radical (unpaired) electrons. The second-order valence-corrected chi connectivity index (χ2v) is 9.59. The van der Waals surface area contributed by atoms with E-state index in [9.17, 15) is 35.7 Å². The van der Waals surface area contributed by atoms with Crippen molar-refractivity contribution in [3.63, 3.8) is 0 Å². The van der Waals surface area contributed by atoms with Crippen LogP contribution in [-0.2, 0) is 14.2 Å². The summed E-state index contributed by atoms with van der Waals surface area (Å²) in [6.07, 6.45) is -14.3. The van der Waals surface area contributed by atoms with E-state index >= 15 is 0 Å². The smallest absolute Gasteiger partial charge is 1.00 e. The van der Waals surface area contributed by atoms with Crippen LogP contribution in [0.3, 0.4) is 0 Å². The fourth-order valence-corrected chi connectivity index (χ4v) is 2.96. The Morgan fingerprint density at radius 3 is 1.81 bits per heavy atom. The van der Waals surface area contributed by atoms with Crippen LogP contribution in [0, 0.1) is 0 Å². The van der Waals surface area contributed by atoms with E-state index in [1.54, 1.807) is 0 Å². The zero-order valence-corrected chi connectivity index (χ0v) is 21.5. The molecule has 15 heteroatoms. The van der Waals surface area contributed by atoms with Crippen LogP contribution in [0.5, 0.6) is 0 Å². The number of nitrogens with one attached hydrogen (secondary N) is 1. The predicted molar refractivity (Wildman–Crippen MR) is 99.0 cm³/mol. The molecule has 0 aliphatic carbocycles. The van der Waals surface area contributed by atoms with Crippen LogP contribution in [0.4, 0.5) is 0 Å². The summed E-state index contributed by atoms with van der Waals surface area (Å²) in [6.45, 7) is -1.43. The van der Waals surface area contributed by atoms with Crippen molar-refractivity contribution in [3.8, 4) is 0 Å². The van der Waals surface area contributed by atoms with Gasteiger partial charge in [-0.2, -0.15) is 0 Å². The molecule has 0 aromatic carbocycles. The Labute approximate surface area is 203 Å². The molecule has 0 aromatic heterocycles. The molecule has 10 atom stereocenters. The monoisotopic (exact) mass is 605 g/mol. The fraction of sp³-hybridized carbons (Fsp3) is 1.00. The average Bonchev–Trinajstić information content (AvgIpc) is 2.71. The molecule has 9 N–H and O–H groups in total. The van der Waals surface area contributed by atoms with E-state index < -0.39 is 74.6 Å². The summed E-state index contributed by atoms with van der Waals surface area (Å²) in [6, 6.07) is 0. The van der Waals surface area contributed by atoms with Gasteiger partial charge in [-0.25, -0.2) is 0 Å². The van der Waals surface area contributed by atoms with Crippen molar-refractivity contribution in [2.45, 2.75) is 71.2 Å². The Bertz CT molecular complexity index is 458. The average molecular weight is 605 g/mol. The maximum atomic E-state index is 10.3. The Balaban J connectivity index is 0. The number of hydrogen-bond donors (Lipinski definition) is 9. The first-order chi connectivity index (χ1) is 13.8. The van der Waals surface area contributed by atoms with Crippen LogP contribution in [0.1, 0.15) is 0 Å². The molecule has 0 saturated carbocycles. The van der Waals surface area contributed by atoms with Crippen molar-refractivity contribution >= 4 is 21.1 Å². The third-order valence-corrected chi connectivity index (χ3v) is 4.46. The van der Waals surface area contributed by atoms with Gasteiger partial charge >= 0.3 is 31.0 Å². The maximum absolute atomic E-state index is 10.3. The standard InChI is InChI=1S/C14H27NO11.2CH3.2ClH.Sn/c16-2-1-15-13-10(22)9(21)12(6(4-18)24-13)26-14-11(23)8(20)7(19)5(3-17)25-14;;;;;/h5-23H,1-4H2;2*1H3;2*1H;/q;;;;;+2/p-2/t5-,6-,7-,8+,9-,10-,11-,12-,13-,14-;;;;;/m1...../s1. The van der Waals surface area contributed by atoms with Gasteiger partial charge in [0.2, 0.25) is 0 Å². The third-order valence-electron chi connectivity index (χ3n) is 4.46. The molecule has 0 spiro atoms. The van der Waals surface area contributed by atoms with Crippen molar-refractivity contribution in [1.82, 2.24) is 5.32 Å². The van der Waals surface area contributed by atoms with E-state index in [1.807, 2.05) is 0 Å². The number of rotatable bonds is 7.